The number of nitrogens with one attached hydrogen (secondary N) is 3. The van der Waals surface area contributed by atoms with Crippen LogP contribution in [-0.4, -0.2) is 38.4 Å². The molecule has 2 aromatic carbocycles. The number of carbonyl (C=O) groups is 1. The van der Waals surface area contributed by atoms with Crippen LogP contribution in [-0.2, 0) is 4.79 Å². The van der Waals surface area contributed by atoms with Crippen LogP contribution in [0.5, 0.6) is 5.75 Å². The topological polar surface area (TPSA) is 62.4 Å². The van der Waals surface area contributed by atoms with Gasteiger partial charge in [0.25, 0.3) is 0 Å². The van der Waals surface area contributed by atoms with Crippen molar-refractivity contribution in [3.05, 3.63) is 59.4 Å². The van der Waals surface area contributed by atoms with Gasteiger partial charge in [-0.1, -0.05) is 29.8 Å². The Hall–Kier alpha value is -2.01. The number of para-hydroxylation sites is 1. The molecule has 30 heavy (non-hydrogen) atoms. The first-order valence-electron chi connectivity index (χ1n) is 8.71. The third kappa shape index (κ3) is 11.9. The molecule has 1 fully saturated rings. The maximum Gasteiger partial charge on any atom is 0.573 e. The third-order valence-electron chi connectivity index (χ3n) is 3.40. The lowest BCUT2D eigenvalue weighted by atomic mass is 10.3. The van der Waals surface area contributed by atoms with Crippen LogP contribution in [0.1, 0.15) is 6.42 Å². The van der Waals surface area contributed by atoms with Crippen molar-refractivity contribution < 1.29 is 27.1 Å². The summed E-state index contributed by atoms with van der Waals surface area (Å²) in [5.74, 6) is -0.692. The van der Waals surface area contributed by atoms with Gasteiger partial charge in [-0.05, 0) is 49.3 Å². The number of carbonyl (C=O) groups excluding carboxylic acids is 1. The smallest absolute Gasteiger partial charge is 0.406 e. The number of anilines is 1. The van der Waals surface area contributed by atoms with Gasteiger partial charge in [-0.15, -0.1) is 23.6 Å². The Labute approximate surface area is 179 Å². The minimum Gasteiger partial charge on any atom is -0.406 e. The van der Waals surface area contributed by atoms with Gasteiger partial charge in [0, 0.05) is 18.8 Å². The summed E-state index contributed by atoms with van der Waals surface area (Å²) in [7, 11) is -0.583. The summed E-state index contributed by atoms with van der Waals surface area (Å²) in [6, 6.07) is 11.0. The van der Waals surface area contributed by atoms with Gasteiger partial charge < -0.3 is 10.1 Å². The lowest BCUT2D eigenvalue weighted by Gasteiger charge is -2.37. The molecule has 3 rings (SSSR count). The molecule has 5 nitrogen and oxygen atoms in total. The Balaban J connectivity index is 0.000000228. The van der Waals surface area contributed by atoms with E-state index in [0.29, 0.717) is 12.1 Å². The number of halogens is 5. The van der Waals surface area contributed by atoms with E-state index < -0.39 is 22.6 Å². The van der Waals surface area contributed by atoms with Crippen LogP contribution in [0.3, 0.4) is 0 Å². The van der Waals surface area contributed by atoms with E-state index in [9.17, 15) is 22.4 Å². The summed E-state index contributed by atoms with van der Waals surface area (Å²) < 4.78 is 57.5. The number of hydrogen-bond donors (Lipinski definition) is 3. The molecular weight excluding hydrogens is 446 g/mol. The molecule has 1 heterocycles. The highest BCUT2D eigenvalue weighted by atomic mass is 35.5. The lowest BCUT2D eigenvalue weighted by Crippen LogP contribution is -2.38. The number of alkyl halides is 3. The fourth-order valence-corrected chi connectivity index (χ4v) is 3.66. The maximum absolute atomic E-state index is 12.5. The van der Waals surface area contributed by atoms with Crippen molar-refractivity contribution in [3.8, 4) is 5.75 Å². The van der Waals surface area contributed by atoms with Gasteiger partial charge in [0.15, 0.2) is 0 Å². The van der Waals surface area contributed by atoms with Crippen molar-refractivity contribution in [2.45, 2.75) is 12.8 Å². The van der Waals surface area contributed by atoms with Gasteiger partial charge in [-0.25, -0.2) is 4.39 Å². The van der Waals surface area contributed by atoms with Crippen molar-refractivity contribution in [3.63, 3.8) is 0 Å². The quantitative estimate of drug-likeness (QED) is 0.432. The van der Waals surface area contributed by atoms with Crippen LogP contribution in [0.15, 0.2) is 48.5 Å². The summed E-state index contributed by atoms with van der Waals surface area (Å²) in [6.07, 6.45) is 1.67. The Morgan fingerprint density at radius 1 is 1.10 bits per heavy atom. The molecule has 168 valence electrons. The highest BCUT2D eigenvalue weighted by Crippen LogP contribution is 2.30. The molecule has 0 saturated carbocycles. The predicted molar refractivity (Wildman–Crippen MR) is 114 cm³/mol. The van der Waals surface area contributed by atoms with Crippen LogP contribution in [0, 0.1) is 5.82 Å². The van der Waals surface area contributed by atoms with Crippen LogP contribution in [0.2, 0.25) is 5.02 Å². The lowest BCUT2D eigenvalue weighted by molar-refractivity contribution is -0.274. The fourth-order valence-electron chi connectivity index (χ4n) is 2.07. The molecule has 0 unspecified atom stereocenters. The normalized spacial score (nSPS) is 16.0. The standard InChI is InChI=1S/C7H5ClFNO.C7H5F3O.C5H14N2S/c8-6-3-5(10-4-11)1-2-7(6)9;8-7(9,10)11-6-4-2-1-3-5-6;1-8(2)6-4-3-5-7-8/h1-4H,(H,10,11);1-5H;6-7H,3-5H2,1-2H3. The SMILES string of the molecule is CS1(C)NCCCN1.FC(F)(F)Oc1ccccc1.O=CNc1ccc(F)c(Cl)c1. The number of hydrogen-bond acceptors (Lipinski definition) is 4. The van der Waals surface area contributed by atoms with E-state index in [1.165, 1.54) is 62.0 Å². The largest absolute Gasteiger partial charge is 0.573 e. The molecule has 11 heteroatoms. The van der Waals surface area contributed by atoms with Crippen molar-refractivity contribution in [1.82, 2.24) is 9.44 Å². The third-order valence-corrected chi connectivity index (χ3v) is 5.54. The van der Waals surface area contributed by atoms with Crippen molar-refractivity contribution in [2.75, 3.05) is 30.9 Å². The number of rotatable bonds is 3. The van der Waals surface area contributed by atoms with Gasteiger partial charge in [-0.2, -0.15) is 0 Å². The molecule has 0 spiro atoms. The molecule has 1 saturated heterocycles. The monoisotopic (exact) mass is 469 g/mol. The Bertz CT molecular complexity index is 772. The van der Waals surface area contributed by atoms with Crippen LogP contribution in [0.4, 0.5) is 23.2 Å². The van der Waals surface area contributed by atoms with Gasteiger partial charge >= 0.3 is 6.36 Å². The molecule has 0 aliphatic carbocycles. The van der Waals surface area contributed by atoms with E-state index >= 15 is 0 Å². The average Bonchev–Trinajstić information content (AvgIpc) is 2.65. The van der Waals surface area contributed by atoms with Crippen LogP contribution < -0.4 is 19.5 Å². The van der Waals surface area contributed by atoms with Crippen molar-refractivity contribution in [1.29, 1.82) is 0 Å². The van der Waals surface area contributed by atoms with Crippen LogP contribution >= 0.6 is 22.0 Å². The molecule has 2 aromatic rings. The first-order chi connectivity index (χ1) is 14.0. The number of amides is 1. The van der Waals surface area contributed by atoms with Gasteiger partial charge in [-0.3, -0.25) is 14.2 Å². The highest BCUT2D eigenvalue weighted by Gasteiger charge is 2.30. The van der Waals surface area contributed by atoms with Crippen molar-refractivity contribution >= 4 is 34.1 Å². The van der Waals surface area contributed by atoms with E-state index in [4.69, 9.17) is 11.6 Å². The van der Waals surface area contributed by atoms with E-state index in [-0.39, 0.29) is 10.8 Å². The molecule has 0 radical (unpaired) electrons. The Kier molecular flexibility index (Phi) is 11.0. The molecule has 3 N–H and O–H groups in total. The Morgan fingerprint density at radius 3 is 2.13 bits per heavy atom. The molecular formula is C19H24ClF4N3O2S. The first kappa shape index (κ1) is 26.0. The number of ether oxygens (including phenoxy) is 1. The van der Waals surface area contributed by atoms with Crippen LogP contribution in [0.25, 0.3) is 0 Å². The Morgan fingerprint density at radius 2 is 1.70 bits per heavy atom. The summed E-state index contributed by atoms with van der Waals surface area (Å²) in [5.41, 5.74) is 0.478. The van der Waals surface area contributed by atoms with Crippen molar-refractivity contribution in [2.24, 2.45) is 0 Å². The zero-order valence-corrected chi connectivity index (χ0v) is 18.0. The summed E-state index contributed by atoms with van der Waals surface area (Å²) in [4.78, 5) is 9.92. The fraction of sp³-hybridized carbons (Fsp3) is 0.316. The second-order valence-corrected chi connectivity index (χ2v) is 9.86. The summed E-state index contributed by atoms with van der Waals surface area (Å²) in [5, 5.41) is 2.34. The van der Waals surface area contributed by atoms with E-state index in [2.05, 4.69) is 32.0 Å². The second kappa shape index (κ2) is 12.6. The van der Waals surface area contributed by atoms with E-state index in [0.717, 1.165) is 0 Å². The molecule has 0 bridgehead atoms. The molecule has 1 aliphatic rings. The van der Waals surface area contributed by atoms with E-state index in [1.807, 2.05) is 0 Å². The maximum atomic E-state index is 12.5. The summed E-state index contributed by atoms with van der Waals surface area (Å²) in [6.45, 7) is 2.38. The van der Waals surface area contributed by atoms with Gasteiger partial charge in [0.1, 0.15) is 11.6 Å². The van der Waals surface area contributed by atoms with E-state index in [1.54, 1.807) is 6.07 Å². The average molecular weight is 470 g/mol. The van der Waals surface area contributed by atoms with Gasteiger partial charge in [0.2, 0.25) is 6.41 Å². The minimum absolute atomic E-state index is 0.00292. The minimum atomic E-state index is -4.60. The zero-order valence-electron chi connectivity index (χ0n) is 16.4. The molecule has 1 aliphatic heterocycles. The predicted octanol–water partition coefficient (Wildman–Crippen LogP) is 5.10. The zero-order chi connectivity index (χ0) is 22.6. The molecule has 0 aromatic heterocycles. The highest BCUT2D eigenvalue weighted by molar-refractivity contribution is 8.29. The summed E-state index contributed by atoms with van der Waals surface area (Å²) >= 11 is 5.42. The number of benzene rings is 2. The molecule has 1 amide bonds. The first-order valence-corrected chi connectivity index (χ1v) is 11.5. The van der Waals surface area contributed by atoms with Gasteiger partial charge in [0.05, 0.1) is 5.02 Å². The second-order valence-electron chi connectivity index (χ2n) is 6.22. The molecule has 0 atom stereocenters.